The fourth-order valence-electron chi connectivity index (χ4n) is 1.25. The maximum atomic E-state index is 10.6. The van der Waals surface area contributed by atoms with Gasteiger partial charge in [-0.3, -0.25) is 0 Å². The minimum absolute atomic E-state index is 0.0688. The van der Waals surface area contributed by atoms with Crippen LogP contribution in [0.4, 0.5) is 0 Å². The van der Waals surface area contributed by atoms with Crippen molar-refractivity contribution in [3.63, 3.8) is 0 Å². The molecule has 0 fully saturated rings. The van der Waals surface area contributed by atoms with Crippen molar-refractivity contribution < 1.29 is 14.4 Å². The summed E-state index contributed by atoms with van der Waals surface area (Å²) in [5, 5.41) is 15.2. The van der Waals surface area contributed by atoms with E-state index in [0.717, 1.165) is 3.79 Å². The molecule has 2 aromatic rings. The Morgan fingerprint density at radius 1 is 1.53 bits per heavy atom. The van der Waals surface area contributed by atoms with Gasteiger partial charge in [-0.2, -0.15) is 0 Å². The van der Waals surface area contributed by atoms with Gasteiger partial charge in [-0.15, -0.1) is 11.3 Å². The number of nitrogens with one attached hydrogen (secondary N) is 1. The topological polar surface area (TPSA) is 75.4 Å². The summed E-state index contributed by atoms with van der Waals surface area (Å²) in [4.78, 5) is 11.8. The van der Waals surface area contributed by atoms with Crippen LogP contribution in [0, 0.1) is 0 Å². The minimum Gasteiger partial charge on any atom is -0.476 e. The number of carboxylic acid groups (broad SMARTS) is 1. The second-order valence-corrected chi connectivity index (χ2v) is 5.84. The van der Waals surface area contributed by atoms with E-state index < -0.39 is 5.97 Å². The van der Waals surface area contributed by atoms with Gasteiger partial charge >= 0.3 is 5.97 Å². The van der Waals surface area contributed by atoms with Gasteiger partial charge in [-0.25, -0.2) is 4.79 Å². The van der Waals surface area contributed by atoms with Crippen LogP contribution in [0.5, 0.6) is 0 Å². The number of hydrogen-bond donors (Lipinski definition) is 2. The van der Waals surface area contributed by atoms with Crippen molar-refractivity contribution in [2.45, 2.75) is 13.1 Å². The zero-order valence-corrected chi connectivity index (χ0v) is 11.0. The van der Waals surface area contributed by atoms with E-state index in [2.05, 4.69) is 26.4 Å². The molecule has 0 aromatic carbocycles. The number of carboxylic acids is 1. The summed E-state index contributed by atoms with van der Waals surface area (Å²) >= 11 is 5.03. The quantitative estimate of drug-likeness (QED) is 0.886. The number of aromatic carboxylic acids is 1. The average Bonchev–Trinajstić information content (AvgIpc) is 2.88. The first-order valence-electron chi connectivity index (χ1n) is 4.79. The lowest BCUT2D eigenvalue weighted by Crippen LogP contribution is -2.11. The van der Waals surface area contributed by atoms with Crippen molar-refractivity contribution in [1.29, 1.82) is 0 Å². The maximum Gasteiger partial charge on any atom is 0.358 e. The zero-order valence-electron chi connectivity index (χ0n) is 8.64. The van der Waals surface area contributed by atoms with Gasteiger partial charge in [-0.1, -0.05) is 5.16 Å². The molecule has 2 aromatic heterocycles. The molecule has 0 radical (unpaired) electrons. The number of aromatic nitrogens is 1. The van der Waals surface area contributed by atoms with E-state index in [4.69, 9.17) is 9.63 Å². The number of carbonyl (C=O) groups is 1. The lowest BCUT2D eigenvalue weighted by Gasteiger charge is -1.98. The molecule has 0 aliphatic rings. The largest absolute Gasteiger partial charge is 0.476 e. The molecule has 0 aliphatic heterocycles. The lowest BCUT2D eigenvalue weighted by molar-refractivity contribution is 0.0685. The molecule has 0 aliphatic carbocycles. The summed E-state index contributed by atoms with van der Waals surface area (Å²) in [6.45, 7) is 1.16. The first kappa shape index (κ1) is 12.3. The van der Waals surface area contributed by atoms with E-state index in [1.807, 2.05) is 12.1 Å². The molecule has 0 spiro atoms. The van der Waals surface area contributed by atoms with Gasteiger partial charge < -0.3 is 14.9 Å². The molecule has 0 bridgehead atoms. The van der Waals surface area contributed by atoms with Crippen LogP contribution in [0.3, 0.4) is 0 Å². The number of hydrogen-bond acceptors (Lipinski definition) is 5. The first-order chi connectivity index (χ1) is 8.15. The summed E-state index contributed by atoms with van der Waals surface area (Å²) in [5.41, 5.74) is -0.0688. The normalized spacial score (nSPS) is 10.6. The van der Waals surface area contributed by atoms with Gasteiger partial charge in [0, 0.05) is 17.5 Å². The molecule has 0 amide bonds. The highest BCUT2D eigenvalue weighted by molar-refractivity contribution is 9.11. The molecule has 17 heavy (non-hydrogen) atoms. The van der Waals surface area contributed by atoms with Gasteiger partial charge in [-0.05, 0) is 28.1 Å². The Morgan fingerprint density at radius 3 is 2.94 bits per heavy atom. The van der Waals surface area contributed by atoms with Crippen LogP contribution in [0.2, 0.25) is 0 Å². The van der Waals surface area contributed by atoms with Crippen LogP contribution < -0.4 is 5.32 Å². The second kappa shape index (κ2) is 5.44. The van der Waals surface area contributed by atoms with Crippen LogP contribution in [0.25, 0.3) is 0 Å². The summed E-state index contributed by atoms with van der Waals surface area (Å²) in [6.07, 6.45) is 0. The highest BCUT2D eigenvalue weighted by Crippen LogP contribution is 2.21. The van der Waals surface area contributed by atoms with E-state index in [1.54, 1.807) is 11.3 Å². The molecule has 0 unspecified atom stereocenters. The van der Waals surface area contributed by atoms with Gasteiger partial charge in [0.2, 0.25) is 0 Å². The molecule has 2 N–H and O–H groups in total. The van der Waals surface area contributed by atoms with Crippen molar-refractivity contribution in [2.75, 3.05) is 0 Å². The van der Waals surface area contributed by atoms with Crippen LogP contribution in [0.15, 0.2) is 26.5 Å². The predicted molar refractivity (Wildman–Crippen MR) is 66.0 cm³/mol. The Morgan fingerprint density at radius 2 is 2.35 bits per heavy atom. The third kappa shape index (κ3) is 3.39. The van der Waals surface area contributed by atoms with Crippen molar-refractivity contribution in [1.82, 2.24) is 10.5 Å². The first-order valence-corrected chi connectivity index (χ1v) is 6.40. The fraction of sp³-hybridized carbons (Fsp3) is 0.200. The molecule has 0 atom stereocenters. The summed E-state index contributed by atoms with van der Waals surface area (Å²) in [6, 6.07) is 5.42. The van der Waals surface area contributed by atoms with Gasteiger partial charge in [0.05, 0.1) is 10.3 Å². The third-order valence-electron chi connectivity index (χ3n) is 2.01. The summed E-state index contributed by atoms with van der Waals surface area (Å²) in [5.74, 6) is -0.569. The van der Waals surface area contributed by atoms with E-state index >= 15 is 0 Å². The van der Waals surface area contributed by atoms with Crippen molar-refractivity contribution >= 4 is 33.2 Å². The predicted octanol–water partition coefficient (Wildman–Crippen LogP) is 2.49. The Balaban J connectivity index is 1.83. The van der Waals surface area contributed by atoms with E-state index in [-0.39, 0.29) is 5.69 Å². The average molecular weight is 317 g/mol. The number of rotatable bonds is 5. The molecular weight excluding hydrogens is 308 g/mol. The molecule has 7 heteroatoms. The van der Waals surface area contributed by atoms with Crippen LogP contribution >= 0.6 is 27.3 Å². The van der Waals surface area contributed by atoms with Crippen LogP contribution in [0.1, 0.15) is 21.1 Å². The third-order valence-corrected chi connectivity index (χ3v) is 3.63. The minimum atomic E-state index is -1.08. The van der Waals surface area contributed by atoms with E-state index in [1.165, 1.54) is 10.9 Å². The van der Waals surface area contributed by atoms with Gasteiger partial charge in [0.1, 0.15) is 0 Å². The van der Waals surface area contributed by atoms with Crippen molar-refractivity contribution in [2.24, 2.45) is 0 Å². The second-order valence-electron chi connectivity index (χ2n) is 3.29. The molecule has 2 heterocycles. The fourth-order valence-corrected chi connectivity index (χ4v) is 2.71. The molecular formula is C10H9BrN2O3S. The number of halogens is 1. The molecule has 90 valence electrons. The molecule has 2 rings (SSSR count). The standard InChI is InChI=1S/C10H9BrN2O3S/c11-9-2-1-7(17-9)5-12-4-6-3-8(10(14)15)13-16-6/h1-3,12H,4-5H2,(H,14,15). The highest BCUT2D eigenvalue weighted by atomic mass is 79.9. The number of nitrogens with zero attached hydrogens (tertiary/aromatic N) is 1. The van der Waals surface area contributed by atoms with Crippen molar-refractivity contribution in [3.05, 3.63) is 38.3 Å². The summed E-state index contributed by atoms with van der Waals surface area (Å²) in [7, 11) is 0. The van der Waals surface area contributed by atoms with Gasteiger partial charge in [0.25, 0.3) is 0 Å². The number of thiophene rings is 1. The zero-order chi connectivity index (χ0) is 12.3. The van der Waals surface area contributed by atoms with E-state index in [9.17, 15) is 4.79 Å². The summed E-state index contributed by atoms with van der Waals surface area (Å²) < 4.78 is 5.96. The maximum absolute atomic E-state index is 10.6. The Kier molecular flexibility index (Phi) is 3.93. The Labute approximate surface area is 110 Å². The monoisotopic (exact) mass is 316 g/mol. The molecule has 5 nitrogen and oxygen atoms in total. The smallest absolute Gasteiger partial charge is 0.358 e. The van der Waals surface area contributed by atoms with Crippen LogP contribution in [-0.4, -0.2) is 16.2 Å². The SMILES string of the molecule is O=C(O)c1cc(CNCc2ccc(Br)s2)on1. The Hall–Kier alpha value is -1.18. The van der Waals surface area contributed by atoms with E-state index in [0.29, 0.717) is 18.8 Å². The van der Waals surface area contributed by atoms with Crippen molar-refractivity contribution in [3.8, 4) is 0 Å². The van der Waals surface area contributed by atoms with Crippen LogP contribution in [-0.2, 0) is 13.1 Å². The van der Waals surface area contributed by atoms with Gasteiger partial charge in [0.15, 0.2) is 11.5 Å². The lowest BCUT2D eigenvalue weighted by atomic mass is 10.3. The molecule has 0 saturated carbocycles. The Bertz CT molecular complexity index is 523. The molecule has 0 saturated heterocycles. The highest BCUT2D eigenvalue weighted by Gasteiger charge is 2.10.